The molecule has 2 rings (SSSR count). The van der Waals surface area contributed by atoms with E-state index in [4.69, 9.17) is 5.11 Å². The Hall–Kier alpha value is -0.870. The lowest BCUT2D eigenvalue weighted by atomic mass is 9.52. The number of fused-ring (bicyclic) bond motifs is 1. The number of aliphatic hydroxyl groups is 2. The van der Waals surface area contributed by atoms with Gasteiger partial charge in [0, 0.05) is 5.57 Å². The van der Waals surface area contributed by atoms with Gasteiger partial charge in [-0.05, 0) is 56.3 Å². The molecule has 0 unspecified atom stereocenters. The van der Waals surface area contributed by atoms with E-state index >= 15 is 0 Å². The Morgan fingerprint density at radius 2 is 1.89 bits per heavy atom. The van der Waals surface area contributed by atoms with Crippen LogP contribution in [0.2, 0.25) is 0 Å². The zero-order valence-electron chi connectivity index (χ0n) is 11.7. The standard InChI is InChI=1S/C15H24O4/c1-9(13(17)18)10-7-11-14(2,12(16)8-10)5-4-6-15(11,3)19/h10-12,16,19H,1,4-8H2,2-3H3,(H,17,18)/t10-,11+,12-,14+,15+/m0/s1. The summed E-state index contributed by atoms with van der Waals surface area (Å²) in [6.45, 7) is 7.46. The number of aliphatic hydroxyl groups excluding tert-OH is 1. The van der Waals surface area contributed by atoms with Gasteiger partial charge in [0.15, 0.2) is 0 Å². The molecule has 0 heterocycles. The highest BCUT2D eigenvalue weighted by molar-refractivity contribution is 5.86. The topological polar surface area (TPSA) is 77.8 Å². The van der Waals surface area contributed by atoms with Crippen LogP contribution in [0.3, 0.4) is 0 Å². The fourth-order valence-corrected chi connectivity index (χ4v) is 4.19. The van der Waals surface area contributed by atoms with E-state index in [1.807, 2.05) is 13.8 Å². The first-order valence-electron chi connectivity index (χ1n) is 7.01. The van der Waals surface area contributed by atoms with Crippen molar-refractivity contribution in [2.45, 2.75) is 57.7 Å². The minimum Gasteiger partial charge on any atom is -0.478 e. The molecule has 19 heavy (non-hydrogen) atoms. The third-order valence-corrected chi connectivity index (χ3v) is 5.50. The van der Waals surface area contributed by atoms with E-state index in [1.165, 1.54) is 0 Å². The summed E-state index contributed by atoms with van der Waals surface area (Å²) in [7, 11) is 0. The molecule has 2 aliphatic carbocycles. The Labute approximate surface area is 114 Å². The molecule has 0 bridgehead atoms. The van der Waals surface area contributed by atoms with Crippen molar-refractivity contribution in [3.8, 4) is 0 Å². The molecule has 2 saturated carbocycles. The predicted octanol–water partition coefficient (Wildman–Crippen LogP) is 1.96. The Balaban J connectivity index is 2.28. The zero-order chi connectivity index (χ0) is 14.4. The first-order chi connectivity index (χ1) is 8.68. The van der Waals surface area contributed by atoms with Crippen LogP contribution in [0.4, 0.5) is 0 Å². The second kappa shape index (κ2) is 4.60. The molecule has 5 atom stereocenters. The highest BCUT2D eigenvalue weighted by Crippen LogP contribution is 2.56. The smallest absolute Gasteiger partial charge is 0.331 e. The molecule has 0 amide bonds. The SMILES string of the molecule is C=C(C(=O)O)[C@H]1C[C@@H]2[C@@](C)(CCC[C@@]2(C)O)[C@@H](O)C1. The fourth-order valence-electron chi connectivity index (χ4n) is 4.19. The van der Waals surface area contributed by atoms with Gasteiger partial charge in [-0.15, -0.1) is 0 Å². The summed E-state index contributed by atoms with van der Waals surface area (Å²) in [6, 6.07) is 0. The van der Waals surface area contributed by atoms with Crippen molar-refractivity contribution in [3.05, 3.63) is 12.2 Å². The lowest BCUT2D eigenvalue weighted by Gasteiger charge is -2.56. The van der Waals surface area contributed by atoms with Crippen LogP contribution in [0.1, 0.15) is 46.0 Å². The Bertz CT molecular complexity index is 401. The number of hydrogen-bond acceptors (Lipinski definition) is 3. The molecule has 4 heteroatoms. The summed E-state index contributed by atoms with van der Waals surface area (Å²) >= 11 is 0. The van der Waals surface area contributed by atoms with Gasteiger partial charge in [0.2, 0.25) is 0 Å². The number of rotatable bonds is 2. The Morgan fingerprint density at radius 3 is 2.47 bits per heavy atom. The summed E-state index contributed by atoms with van der Waals surface area (Å²) in [5, 5.41) is 30.1. The molecule has 4 nitrogen and oxygen atoms in total. The van der Waals surface area contributed by atoms with Gasteiger partial charge in [-0.2, -0.15) is 0 Å². The summed E-state index contributed by atoms with van der Waals surface area (Å²) in [4.78, 5) is 11.1. The normalized spacial score (nSPS) is 46.4. The largest absolute Gasteiger partial charge is 0.478 e. The molecule has 0 saturated heterocycles. The fraction of sp³-hybridized carbons (Fsp3) is 0.800. The van der Waals surface area contributed by atoms with E-state index in [-0.39, 0.29) is 22.8 Å². The molecule has 0 spiro atoms. The van der Waals surface area contributed by atoms with Crippen LogP contribution < -0.4 is 0 Å². The molecule has 0 radical (unpaired) electrons. The highest BCUT2D eigenvalue weighted by atomic mass is 16.4. The molecule has 2 aliphatic rings. The van der Waals surface area contributed by atoms with Crippen molar-refractivity contribution in [3.63, 3.8) is 0 Å². The minimum absolute atomic E-state index is 0.0707. The molecule has 0 aromatic carbocycles. The molecule has 3 N–H and O–H groups in total. The van der Waals surface area contributed by atoms with Crippen LogP contribution in [-0.4, -0.2) is 33.0 Å². The van der Waals surface area contributed by atoms with E-state index < -0.39 is 17.7 Å². The van der Waals surface area contributed by atoms with Crippen molar-refractivity contribution in [1.82, 2.24) is 0 Å². The lowest BCUT2D eigenvalue weighted by Crippen LogP contribution is -2.57. The summed E-state index contributed by atoms with van der Waals surface area (Å²) in [5.74, 6) is -1.31. The van der Waals surface area contributed by atoms with E-state index in [9.17, 15) is 15.0 Å². The Kier molecular flexibility index (Phi) is 3.52. The van der Waals surface area contributed by atoms with E-state index in [0.717, 1.165) is 12.8 Å². The monoisotopic (exact) mass is 268 g/mol. The molecule has 0 aliphatic heterocycles. The van der Waals surface area contributed by atoms with Crippen LogP contribution >= 0.6 is 0 Å². The quantitative estimate of drug-likeness (QED) is 0.669. The maximum absolute atomic E-state index is 11.1. The van der Waals surface area contributed by atoms with Crippen LogP contribution in [0.5, 0.6) is 0 Å². The van der Waals surface area contributed by atoms with Crippen LogP contribution in [0.15, 0.2) is 12.2 Å². The molecule has 0 aromatic rings. The third kappa shape index (κ3) is 2.32. The van der Waals surface area contributed by atoms with Gasteiger partial charge >= 0.3 is 5.97 Å². The van der Waals surface area contributed by atoms with Gasteiger partial charge in [0.05, 0.1) is 11.7 Å². The number of carboxylic acids is 1. The van der Waals surface area contributed by atoms with Crippen molar-refractivity contribution < 1.29 is 20.1 Å². The van der Waals surface area contributed by atoms with Gasteiger partial charge in [0.25, 0.3) is 0 Å². The van der Waals surface area contributed by atoms with E-state index in [1.54, 1.807) is 0 Å². The van der Waals surface area contributed by atoms with Gasteiger partial charge in [-0.25, -0.2) is 4.79 Å². The van der Waals surface area contributed by atoms with E-state index in [2.05, 4.69) is 6.58 Å². The van der Waals surface area contributed by atoms with Crippen molar-refractivity contribution >= 4 is 5.97 Å². The van der Waals surface area contributed by atoms with Gasteiger partial charge in [-0.1, -0.05) is 13.5 Å². The summed E-state index contributed by atoms with van der Waals surface area (Å²) in [5.41, 5.74) is -0.981. The van der Waals surface area contributed by atoms with E-state index in [0.29, 0.717) is 19.3 Å². The van der Waals surface area contributed by atoms with Crippen molar-refractivity contribution in [1.29, 1.82) is 0 Å². The van der Waals surface area contributed by atoms with Crippen molar-refractivity contribution in [2.24, 2.45) is 17.3 Å². The molecule has 0 aromatic heterocycles. The maximum atomic E-state index is 11.1. The number of hydrogen-bond donors (Lipinski definition) is 3. The third-order valence-electron chi connectivity index (χ3n) is 5.50. The first kappa shape index (κ1) is 14.5. The number of carbonyl (C=O) groups is 1. The lowest BCUT2D eigenvalue weighted by molar-refractivity contribution is -0.168. The summed E-state index contributed by atoms with van der Waals surface area (Å²) < 4.78 is 0. The number of carboxylic acid groups (broad SMARTS) is 1. The molecule has 108 valence electrons. The average Bonchev–Trinajstić information content (AvgIpc) is 2.29. The molecular formula is C15H24O4. The maximum Gasteiger partial charge on any atom is 0.331 e. The molecular weight excluding hydrogens is 244 g/mol. The van der Waals surface area contributed by atoms with Gasteiger partial charge in [0.1, 0.15) is 0 Å². The Morgan fingerprint density at radius 1 is 1.26 bits per heavy atom. The highest BCUT2D eigenvalue weighted by Gasteiger charge is 2.55. The minimum atomic E-state index is -1.00. The van der Waals surface area contributed by atoms with Crippen molar-refractivity contribution in [2.75, 3.05) is 0 Å². The van der Waals surface area contributed by atoms with Crippen LogP contribution in [-0.2, 0) is 4.79 Å². The van der Waals surface area contributed by atoms with Crippen LogP contribution in [0, 0.1) is 17.3 Å². The number of aliphatic carboxylic acids is 1. The second-order valence-corrected chi connectivity index (χ2v) is 6.78. The predicted molar refractivity (Wildman–Crippen MR) is 71.6 cm³/mol. The first-order valence-corrected chi connectivity index (χ1v) is 7.01. The average molecular weight is 268 g/mol. The van der Waals surface area contributed by atoms with Crippen LogP contribution in [0.25, 0.3) is 0 Å². The van der Waals surface area contributed by atoms with Gasteiger partial charge in [-0.3, -0.25) is 0 Å². The molecule has 2 fully saturated rings. The second-order valence-electron chi connectivity index (χ2n) is 6.78. The summed E-state index contributed by atoms with van der Waals surface area (Å²) in [6.07, 6.45) is 2.98. The zero-order valence-corrected chi connectivity index (χ0v) is 11.7. The van der Waals surface area contributed by atoms with Gasteiger partial charge < -0.3 is 15.3 Å².